The zero-order valence-corrected chi connectivity index (χ0v) is 15.9. The predicted molar refractivity (Wildman–Crippen MR) is 99.1 cm³/mol. The van der Waals surface area contributed by atoms with Gasteiger partial charge >= 0.3 is 0 Å². The van der Waals surface area contributed by atoms with Gasteiger partial charge < -0.3 is 14.7 Å². The van der Waals surface area contributed by atoms with Gasteiger partial charge in [-0.05, 0) is 37.3 Å². The Morgan fingerprint density at radius 3 is 2.93 bits per heavy atom. The first-order valence-corrected chi connectivity index (χ1v) is 9.97. The molecule has 2 aromatic rings. The van der Waals surface area contributed by atoms with Gasteiger partial charge in [0.05, 0.1) is 5.92 Å². The van der Waals surface area contributed by atoms with Crippen molar-refractivity contribution in [1.29, 1.82) is 0 Å². The van der Waals surface area contributed by atoms with Crippen LogP contribution in [0.4, 0.5) is 0 Å². The molecule has 5 rings (SSSR count). The smallest absolute Gasteiger partial charge is 0.232 e. The van der Waals surface area contributed by atoms with Gasteiger partial charge in [0.1, 0.15) is 0 Å². The lowest BCUT2D eigenvalue weighted by Crippen LogP contribution is -2.42. The summed E-state index contributed by atoms with van der Waals surface area (Å²) in [4.78, 5) is 35.2. The Morgan fingerprint density at radius 1 is 1.36 bits per heavy atom. The average molecular weight is 381 g/mol. The van der Waals surface area contributed by atoms with E-state index in [2.05, 4.69) is 20.4 Å². The summed E-state index contributed by atoms with van der Waals surface area (Å²) in [6, 6.07) is 0. The van der Waals surface area contributed by atoms with Crippen molar-refractivity contribution in [3.8, 4) is 11.4 Å². The normalized spacial score (nSPS) is 22.0. The van der Waals surface area contributed by atoms with E-state index in [1.165, 1.54) is 0 Å². The Morgan fingerprint density at radius 2 is 2.21 bits per heavy atom. The number of aryl methyl sites for hydroxylation is 1. The summed E-state index contributed by atoms with van der Waals surface area (Å²) in [5.41, 5.74) is 3.97. The molecule has 1 saturated heterocycles. The molecular formula is C20H23N5O3. The Kier molecular flexibility index (Phi) is 4.14. The van der Waals surface area contributed by atoms with Crippen molar-refractivity contribution >= 4 is 11.8 Å². The zero-order chi connectivity index (χ0) is 19.3. The SMILES string of the molecule is Cc1ncc2c(c1-c1noc([C@@H]3CNC(=O)C3)n1)CCN(C(=O)C1CCC1)C2. The van der Waals surface area contributed by atoms with Crippen LogP contribution in [0, 0.1) is 12.8 Å². The third kappa shape index (κ3) is 2.87. The maximum atomic E-state index is 12.6. The second kappa shape index (κ2) is 6.68. The number of rotatable bonds is 3. The lowest BCUT2D eigenvalue weighted by atomic mass is 9.83. The number of pyridine rings is 1. The van der Waals surface area contributed by atoms with E-state index in [4.69, 9.17) is 4.52 Å². The number of hydrogen-bond acceptors (Lipinski definition) is 6. The molecule has 146 valence electrons. The molecule has 0 bridgehead atoms. The summed E-state index contributed by atoms with van der Waals surface area (Å²) in [6.07, 6.45) is 6.21. The van der Waals surface area contributed by atoms with Gasteiger partial charge in [0.25, 0.3) is 0 Å². The summed E-state index contributed by atoms with van der Waals surface area (Å²) in [7, 11) is 0. The molecule has 3 aliphatic rings. The second-order valence-electron chi connectivity index (χ2n) is 8.02. The van der Waals surface area contributed by atoms with Crippen molar-refractivity contribution < 1.29 is 14.1 Å². The van der Waals surface area contributed by atoms with Crippen molar-refractivity contribution in [2.24, 2.45) is 5.92 Å². The molecule has 2 fully saturated rings. The van der Waals surface area contributed by atoms with Gasteiger partial charge in [-0.3, -0.25) is 14.6 Å². The van der Waals surface area contributed by atoms with Gasteiger partial charge in [0, 0.05) is 49.4 Å². The Bertz CT molecular complexity index is 949. The fraction of sp³-hybridized carbons (Fsp3) is 0.550. The third-order valence-corrected chi connectivity index (χ3v) is 6.22. The Balaban J connectivity index is 1.43. The van der Waals surface area contributed by atoms with Gasteiger partial charge in [-0.15, -0.1) is 0 Å². The first kappa shape index (κ1) is 17.3. The van der Waals surface area contributed by atoms with Crippen LogP contribution in [0.15, 0.2) is 10.7 Å². The van der Waals surface area contributed by atoms with Gasteiger partial charge in [-0.1, -0.05) is 11.6 Å². The maximum absolute atomic E-state index is 12.6. The topological polar surface area (TPSA) is 101 Å². The van der Waals surface area contributed by atoms with E-state index in [0.717, 1.165) is 48.1 Å². The van der Waals surface area contributed by atoms with Crippen molar-refractivity contribution in [1.82, 2.24) is 25.3 Å². The highest BCUT2D eigenvalue weighted by Crippen LogP contribution is 2.34. The van der Waals surface area contributed by atoms with Crippen LogP contribution in [0.3, 0.4) is 0 Å². The number of aromatic nitrogens is 3. The van der Waals surface area contributed by atoms with Gasteiger partial charge in [-0.2, -0.15) is 4.98 Å². The monoisotopic (exact) mass is 381 g/mol. The van der Waals surface area contributed by atoms with E-state index < -0.39 is 0 Å². The minimum absolute atomic E-state index is 0.0101. The molecule has 2 amide bonds. The van der Waals surface area contributed by atoms with Gasteiger partial charge in [-0.25, -0.2) is 0 Å². The van der Waals surface area contributed by atoms with Crippen LogP contribution in [0.1, 0.15) is 54.3 Å². The zero-order valence-electron chi connectivity index (χ0n) is 15.9. The van der Waals surface area contributed by atoms with Gasteiger partial charge in [0.15, 0.2) is 0 Å². The molecule has 28 heavy (non-hydrogen) atoms. The molecule has 8 heteroatoms. The standard InChI is InChI=1S/C20H23N5O3/c1-11-17(18-23-19(28-24-18)13-7-16(26)22-8-13)15-5-6-25(10-14(15)9-21-11)20(27)12-3-2-4-12/h9,12-13H,2-8,10H2,1H3,(H,22,26)/t13-/m0/s1. The van der Waals surface area contributed by atoms with Crippen LogP contribution in [0.2, 0.25) is 0 Å². The highest BCUT2D eigenvalue weighted by molar-refractivity contribution is 5.80. The van der Waals surface area contributed by atoms with Crippen LogP contribution in [0.5, 0.6) is 0 Å². The van der Waals surface area contributed by atoms with Crippen molar-refractivity contribution in [3.05, 3.63) is 28.9 Å². The molecule has 0 radical (unpaired) electrons. The van der Waals surface area contributed by atoms with E-state index >= 15 is 0 Å². The molecule has 1 aliphatic carbocycles. The lowest BCUT2D eigenvalue weighted by Gasteiger charge is -2.35. The van der Waals surface area contributed by atoms with E-state index in [0.29, 0.717) is 37.8 Å². The number of carbonyl (C=O) groups is 2. The highest BCUT2D eigenvalue weighted by Gasteiger charge is 2.33. The predicted octanol–water partition coefficient (Wildman–Crippen LogP) is 1.73. The molecule has 2 aliphatic heterocycles. The summed E-state index contributed by atoms with van der Waals surface area (Å²) >= 11 is 0. The molecule has 0 spiro atoms. The number of nitrogens with one attached hydrogen (secondary N) is 1. The average Bonchev–Trinajstić information content (AvgIpc) is 3.28. The van der Waals surface area contributed by atoms with Crippen LogP contribution in [-0.4, -0.2) is 44.9 Å². The van der Waals surface area contributed by atoms with Gasteiger partial charge in [0.2, 0.25) is 23.5 Å². The number of fused-ring (bicyclic) bond motifs is 1. The fourth-order valence-corrected chi connectivity index (χ4v) is 4.33. The summed E-state index contributed by atoms with van der Waals surface area (Å²) < 4.78 is 5.46. The molecular weight excluding hydrogens is 358 g/mol. The van der Waals surface area contributed by atoms with E-state index in [9.17, 15) is 9.59 Å². The Labute approximate surface area is 162 Å². The van der Waals surface area contributed by atoms with Crippen LogP contribution in [0.25, 0.3) is 11.4 Å². The van der Waals surface area contributed by atoms with Crippen LogP contribution in [-0.2, 0) is 22.6 Å². The molecule has 0 aromatic carbocycles. The first-order chi connectivity index (χ1) is 13.6. The first-order valence-electron chi connectivity index (χ1n) is 9.97. The third-order valence-electron chi connectivity index (χ3n) is 6.22. The van der Waals surface area contributed by atoms with Crippen LogP contribution >= 0.6 is 0 Å². The molecule has 1 N–H and O–H groups in total. The molecule has 8 nitrogen and oxygen atoms in total. The summed E-state index contributed by atoms with van der Waals surface area (Å²) in [6.45, 7) is 3.78. The molecule has 4 heterocycles. The second-order valence-corrected chi connectivity index (χ2v) is 8.02. The number of carbonyl (C=O) groups excluding carboxylic acids is 2. The fourth-order valence-electron chi connectivity index (χ4n) is 4.33. The minimum Gasteiger partial charge on any atom is -0.355 e. The van der Waals surface area contributed by atoms with E-state index in [-0.39, 0.29) is 23.7 Å². The number of hydrogen-bond donors (Lipinski definition) is 1. The summed E-state index contributed by atoms with van der Waals surface area (Å²) in [5, 5.41) is 6.98. The minimum atomic E-state index is -0.0721. The quantitative estimate of drug-likeness (QED) is 0.869. The van der Waals surface area contributed by atoms with E-state index in [1.54, 1.807) is 0 Å². The largest absolute Gasteiger partial charge is 0.355 e. The Hall–Kier alpha value is -2.77. The van der Waals surface area contributed by atoms with Crippen LogP contribution < -0.4 is 5.32 Å². The summed E-state index contributed by atoms with van der Waals surface area (Å²) in [5.74, 6) is 1.44. The highest BCUT2D eigenvalue weighted by atomic mass is 16.5. The number of amides is 2. The molecule has 1 saturated carbocycles. The van der Waals surface area contributed by atoms with Crippen molar-refractivity contribution in [3.63, 3.8) is 0 Å². The molecule has 0 unspecified atom stereocenters. The molecule has 2 aromatic heterocycles. The van der Waals surface area contributed by atoms with Crippen molar-refractivity contribution in [2.45, 2.75) is 51.5 Å². The molecule has 1 atom stereocenters. The lowest BCUT2D eigenvalue weighted by molar-refractivity contribution is -0.139. The van der Waals surface area contributed by atoms with Crippen molar-refractivity contribution in [2.75, 3.05) is 13.1 Å². The maximum Gasteiger partial charge on any atom is 0.232 e. The number of nitrogens with zero attached hydrogens (tertiary/aromatic N) is 4. The van der Waals surface area contributed by atoms with E-state index in [1.807, 2.05) is 18.0 Å².